The van der Waals surface area contributed by atoms with Gasteiger partial charge in [0.25, 0.3) is 0 Å². The first-order chi connectivity index (χ1) is 8.66. The van der Waals surface area contributed by atoms with Crippen molar-refractivity contribution < 1.29 is 14.3 Å². The summed E-state index contributed by atoms with van der Waals surface area (Å²) in [5.41, 5.74) is 0.0416. The highest BCUT2D eigenvalue weighted by molar-refractivity contribution is 6.34. The van der Waals surface area contributed by atoms with Crippen LogP contribution < -0.4 is 0 Å². The predicted octanol–water partition coefficient (Wildman–Crippen LogP) is 3.11. The number of pyridine rings is 1. The van der Waals surface area contributed by atoms with Crippen LogP contribution in [-0.4, -0.2) is 30.3 Å². The van der Waals surface area contributed by atoms with E-state index in [1.54, 1.807) is 0 Å². The SMILES string of the molecule is O=C(OC[C@H]1CCCCO1)c1nc(Cl)ccc1Cl. The van der Waals surface area contributed by atoms with Gasteiger partial charge in [0.1, 0.15) is 11.8 Å². The van der Waals surface area contributed by atoms with E-state index < -0.39 is 5.97 Å². The Balaban J connectivity index is 1.92. The molecule has 1 fully saturated rings. The van der Waals surface area contributed by atoms with Gasteiger partial charge in [-0.2, -0.15) is 0 Å². The largest absolute Gasteiger partial charge is 0.458 e. The van der Waals surface area contributed by atoms with Gasteiger partial charge in [0.15, 0.2) is 5.69 Å². The molecule has 1 aliphatic rings. The average Bonchev–Trinajstić information content (AvgIpc) is 2.40. The van der Waals surface area contributed by atoms with Crippen LogP contribution >= 0.6 is 23.2 Å². The normalized spacial score (nSPS) is 19.6. The van der Waals surface area contributed by atoms with Gasteiger partial charge in [-0.3, -0.25) is 0 Å². The van der Waals surface area contributed by atoms with Crippen LogP contribution in [0, 0.1) is 0 Å². The van der Waals surface area contributed by atoms with Crippen molar-refractivity contribution in [2.24, 2.45) is 0 Å². The van der Waals surface area contributed by atoms with E-state index in [1.165, 1.54) is 12.1 Å². The number of halogens is 2. The minimum Gasteiger partial charge on any atom is -0.458 e. The first-order valence-corrected chi connectivity index (χ1v) is 6.53. The molecule has 0 bridgehead atoms. The van der Waals surface area contributed by atoms with Crippen molar-refractivity contribution in [1.82, 2.24) is 4.98 Å². The van der Waals surface area contributed by atoms with Gasteiger partial charge >= 0.3 is 5.97 Å². The number of hydrogen-bond acceptors (Lipinski definition) is 4. The molecule has 1 saturated heterocycles. The minimum atomic E-state index is -0.573. The summed E-state index contributed by atoms with van der Waals surface area (Å²) in [7, 11) is 0. The fourth-order valence-electron chi connectivity index (χ4n) is 1.74. The maximum Gasteiger partial charge on any atom is 0.358 e. The summed E-state index contributed by atoms with van der Waals surface area (Å²) >= 11 is 11.6. The van der Waals surface area contributed by atoms with Crippen LogP contribution in [0.4, 0.5) is 0 Å². The molecular formula is C12H13Cl2NO3. The van der Waals surface area contributed by atoms with Crippen LogP contribution in [0.2, 0.25) is 10.2 Å². The summed E-state index contributed by atoms with van der Waals surface area (Å²) in [6.45, 7) is 0.946. The van der Waals surface area contributed by atoms with Gasteiger partial charge in [-0.25, -0.2) is 9.78 Å². The van der Waals surface area contributed by atoms with Gasteiger partial charge in [-0.15, -0.1) is 0 Å². The monoisotopic (exact) mass is 289 g/mol. The Kier molecular flexibility index (Phi) is 4.80. The van der Waals surface area contributed by atoms with Crippen LogP contribution in [0.5, 0.6) is 0 Å². The first-order valence-electron chi connectivity index (χ1n) is 5.77. The molecule has 0 aromatic carbocycles. The Morgan fingerprint density at radius 3 is 3.00 bits per heavy atom. The van der Waals surface area contributed by atoms with Crippen molar-refractivity contribution in [3.8, 4) is 0 Å². The van der Waals surface area contributed by atoms with Gasteiger partial charge in [0.05, 0.1) is 11.1 Å². The highest BCUT2D eigenvalue weighted by Gasteiger charge is 2.19. The molecule has 6 heteroatoms. The molecule has 0 amide bonds. The zero-order valence-corrected chi connectivity index (χ0v) is 11.2. The molecule has 1 aromatic rings. The number of rotatable bonds is 3. The lowest BCUT2D eigenvalue weighted by Gasteiger charge is -2.22. The molecule has 0 N–H and O–H groups in total. The second kappa shape index (κ2) is 6.36. The summed E-state index contributed by atoms with van der Waals surface area (Å²) in [5.74, 6) is -0.573. The van der Waals surface area contributed by atoms with Crippen molar-refractivity contribution in [3.63, 3.8) is 0 Å². The van der Waals surface area contributed by atoms with E-state index in [0.29, 0.717) is 0 Å². The number of esters is 1. The third-order valence-electron chi connectivity index (χ3n) is 2.68. The predicted molar refractivity (Wildman–Crippen MR) is 68.1 cm³/mol. The van der Waals surface area contributed by atoms with Crippen LogP contribution in [0.1, 0.15) is 29.8 Å². The first kappa shape index (κ1) is 13.6. The standard InChI is InChI=1S/C12H13Cl2NO3/c13-9-4-5-10(14)15-11(9)12(16)18-7-8-3-1-2-6-17-8/h4-5,8H,1-3,6-7H2/t8-/m1/s1. The van der Waals surface area contributed by atoms with E-state index in [-0.39, 0.29) is 28.6 Å². The molecule has 0 unspecified atom stereocenters. The van der Waals surface area contributed by atoms with E-state index in [2.05, 4.69) is 4.98 Å². The van der Waals surface area contributed by atoms with E-state index in [1.807, 2.05) is 0 Å². The van der Waals surface area contributed by atoms with Crippen LogP contribution in [0.25, 0.3) is 0 Å². The molecule has 4 nitrogen and oxygen atoms in total. The number of aromatic nitrogens is 1. The summed E-state index contributed by atoms with van der Waals surface area (Å²) in [5, 5.41) is 0.439. The minimum absolute atomic E-state index is 0.0272. The Morgan fingerprint density at radius 2 is 2.28 bits per heavy atom. The van der Waals surface area contributed by atoms with E-state index in [4.69, 9.17) is 32.7 Å². The van der Waals surface area contributed by atoms with Crippen molar-refractivity contribution in [3.05, 3.63) is 28.0 Å². The highest BCUT2D eigenvalue weighted by Crippen LogP contribution is 2.18. The van der Waals surface area contributed by atoms with Gasteiger partial charge in [0.2, 0.25) is 0 Å². The summed E-state index contributed by atoms with van der Waals surface area (Å²) in [6, 6.07) is 3.04. The molecule has 2 heterocycles. The molecule has 98 valence electrons. The molecule has 0 radical (unpaired) electrons. The third kappa shape index (κ3) is 3.57. The Bertz CT molecular complexity index is 433. The molecule has 1 atom stereocenters. The van der Waals surface area contributed by atoms with Crippen LogP contribution in [0.3, 0.4) is 0 Å². The van der Waals surface area contributed by atoms with E-state index >= 15 is 0 Å². The number of carbonyl (C=O) groups excluding carboxylic acids is 1. The molecule has 0 aliphatic carbocycles. The molecule has 0 spiro atoms. The Labute approximate surface area is 115 Å². The van der Waals surface area contributed by atoms with Crippen molar-refractivity contribution >= 4 is 29.2 Å². The number of carbonyl (C=O) groups is 1. The summed E-state index contributed by atoms with van der Waals surface area (Å²) in [4.78, 5) is 15.6. The zero-order valence-electron chi connectivity index (χ0n) is 9.70. The topological polar surface area (TPSA) is 48.4 Å². The number of ether oxygens (including phenoxy) is 2. The number of hydrogen-bond donors (Lipinski definition) is 0. The molecule has 1 aromatic heterocycles. The van der Waals surface area contributed by atoms with Crippen molar-refractivity contribution in [2.45, 2.75) is 25.4 Å². The maximum atomic E-state index is 11.8. The summed E-state index contributed by atoms with van der Waals surface area (Å²) < 4.78 is 10.6. The lowest BCUT2D eigenvalue weighted by atomic mass is 10.1. The molecule has 18 heavy (non-hydrogen) atoms. The lowest BCUT2D eigenvalue weighted by molar-refractivity contribution is -0.0302. The fourth-order valence-corrected chi connectivity index (χ4v) is 2.07. The van der Waals surface area contributed by atoms with E-state index in [0.717, 1.165) is 25.9 Å². The third-order valence-corrected chi connectivity index (χ3v) is 3.20. The van der Waals surface area contributed by atoms with Crippen LogP contribution in [-0.2, 0) is 9.47 Å². The molecule has 2 rings (SSSR count). The van der Waals surface area contributed by atoms with E-state index in [9.17, 15) is 4.79 Å². The summed E-state index contributed by atoms with van der Waals surface area (Å²) in [6.07, 6.45) is 3.04. The Hall–Kier alpha value is -0.840. The lowest BCUT2D eigenvalue weighted by Crippen LogP contribution is -2.26. The van der Waals surface area contributed by atoms with Crippen molar-refractivity contribution in [1.29, 1.82) is 0 Å². The maximum absolute atomic E-state index is 11.8. The second-order valence-corrected chi connectivity index (χ2v) is 4.85. The average molecular weight is 290 g/mol. The van der Waals surface area contributed by atoms with Crippen molar-refractivity contribution in [2.75, 3.05) is 13.2 Å². The fraction of sp³-hybridized carbons (Fsp3) is 0.500. The van der Waals surface area contributed by atoms with Gasteiger partial charge in [0, 0.05) is 6.61 Å². The van der Waals surface area contributed by atoms with Gasteiger partial charge in [-0.05, 0) is 31.4 Å². The molecular weight excluding hydrogens is 277 g/mol. The Morgan fingerprint density at radius 1 is 1.44 bits per heavy atom. The van der Waals surface area contributed by atoms with Gasteiger partial charge in [-0.1, -0.05) is 23.2 Å². The zero-order chi connectivity index (χ0) is 13.0. The molecule has 0 saturated carbocycles. The highest BCUT2D eigenvalue weighted by atomic mass is 35.5. The second-order valence-electron chi connectivity index (χ2n) is 4.05. The quantitative estimate of drug-likeness (QED) is 0.634. The van der Waals surface area contributed by atoms with Crippen LogP contribution in [0.15, 0.2) is 12.1 Å². The number of nitrogens with zero attached hydrogens (tertiary/aromatic N) is 1. The van der Waals surface area contributed by atoms with Gasteiger partial charge < -0.3 is 9.47 Å². The smallest absolute Gasteiger partial charge is 0.358 e. The molecule has 1 aliphatic heterocycles.